The van der Waals surface area contributed by atoms with Crippen molar-refractivity contribution in [3.05, 3.63) is 0 Å². The minimum absolute atomic E-state index is 0.166. The highest BCUT2D eigenvalue weighted by Crippen LogP contribution is 2.60. The van der Waals surface area contributed by atoms with Crippen LogP contribution in [0.15, 0.2) is 0 Å². The maximum absolute atomic E-state index is 14.4. The molecule has 0 amide bonds. The number of esters is 2. The van der Waals surface area contributed by atoms with Crippen LogP contribution in [-0.2, 0) is 33.9 Å². The van der Waals surface area contributed by atoms with Crippen LogP contribution in [0.3, 0.4) is 0 Å². The summed E-state index contributed by atoms with van der Waals surface area (Å²) in [6, 6.07) is 0. The smallest absolute Gasteiger partial charge is 0.362 e. The van der Waals surface area contributed by atoms with Crippen molar-refractivity contribution in [3.8, 4) is 0 Å². The van der Waals surface area contributed by atoms with Gasteiger partial charge >= 0.3 is 27.1 Å². The first kappa shape index (κ1) is 22.4. The average molecular weight is 436 g/mol. The summed E-state index contributed by atoms with van der Waals surface area (Å²) in [5.41, 5.74) is -2.40. The molecule has 3 atom stereocenters. The van der Waals surface area contributed by atoms with E-state index in [9.17, 15) is 22.4 Å². The second-order valence-electron chi connectivity index (χ2n) is 9.98. The Morgan fingerprint density at radius 1 is 1.07 bits per heavy atom. The average Bonchev–Trinajstić information content (AvgIpc) is 2.48. The van der Waals surface area contributed by atoms with Gasteiger partial charge in [0.25, 0.3) is 0 Å². The number of carbonyl (C=O) groups is 2. The summed E-state index contributed by atoms with van der Waals surface area (Å²) >= 11 is 0. The van der Waals surface area contributed by atoms with E-state index >= 15 is 0 Å². The Labute approximate surface area is 170 Å². The maximum Gasteiger partial charge on any atom is 0.362 e. The molecule has 0 aromatic carbocycles. The fourth-order valence-electron chi connectivity index (χ4n) is 5.36. The second kappa shape index (κ2) is 6.88. The third-order valence-corrected chi connectivity index (χ3v) is 7.16. The fraction of sp³-hybridized carbons (Fsp3) is 0.895. The van der Waals surface area contributed by atoms with Gasteiger partial charge in [-0.15, -0.1) is 0 Å². The number of rotatable bonds is 6. The van der Waals surface area contributed by atoms with E-state index in [2.05, 4.69) is 0 Å². The molecule has 0 aromatic heterocycles. The van der Waals surface area contributed by atoms with E-state index in [1.807, 2.05) is 0 Å². The molecule has 4 bridgehead atoms. The number of carbonyl (C=O) groups excluding carboxylic acids is 2. The Hall–Kier alpha value is -1.26. The number of hydrogen-bond donors (Lipinski definition) is 1. The zero-order valence-electron chi connectivity index (χ0n) is 17.2. The Kier molecular flexibility index (Phi) is 5.32. The summed E-state index contributed by atoms with van der Waals surface area (Å²) in [7, 11) is -5.27. The highest BCUT2D eigenvalue weighted by atomic mass is 32.2. The number of ether oxygens (including phenoxy) is 3. The zero-order valence-corrected chi connectivity index (χ0v) is 18.0. The topological polar surface area (TPSA) is 116 Å². The quantitative estimate of drug-likeness (QED) is 0.499. The summed E-state index contributed by atoms with van der Waals surface area (Å²) in [4.78, 5) is 24.3. The summed E-state index contributed by atoms with van der Waals surface area (Å²) in [5.74, 6) is -1.79. The van der Waals surface area contributed by atoms with Crippen molar-refractivity contribution in [2.45, 2.75) is 88.0 Å². The van der Waals surface area contributed by atoms with Gasteiger partial charge in [-0.2, -0.15) is 8.42 Å². The third-order valence-electron chi connectivity index (χ3n) is 6.03. The van der Waals surface area contributed by atoms with Gasteiger partial charge in [0.1, 0.15) is 17.8 Å². The predicted octanol–water partition coefficient (Wildman–Crippen LogP) is 2.55. The number of halogens is 1. The van der Waals surface area contributed by atoms with Crippen LogP contribution in [0.5, 0.6) is 0 Å². The van der Waals surface area contributed by atoms with E-state index in [0.29, 0.717) is 32.6 Å². The molecular formula is C19H29FO8S. The van der Waals surface area contributed by atoms with E-state index in [1.165, 1.54) is 0 Å². The van der Waals surface area contributed by atoms with Crippen LogP contribution in [0.4, 0.5) is 4.39 Å². The van der Waals surface area contributed by atoms with E-state index in [1.54, 1.807) is 20.8 Å². The monoisotopic (exact) mass is 436 g/mol. The third kappa shape index (κ3) is 4.59. The van der Waals surface area contributed by atoms with Gasteiger partial charge in [0.05, 0.1) is 5.60 Å². The summed E-state index contributed by atoms with van der Waals surface area (Å²) in [6.07, 6.45) is 3.52. The van der Waals surface area contributed by atoms with Gasteiger partial charge in [0, 0.05) is 6.42 Å². The normalized spacial score (nSPS) is 35.8. The van der Waals surface area contributed by atoms with Crippen LogP contribution in [0.2, 0.25) is 0 Å². The number of hydrogen-bond acceptors (Lipinski definition) is 7. The minimum atomic E-state index is -5.27. The highest BCUT2D eigenvalue weighted by Gasteiger charge is 2.62. The second-order valence-corrected chi connectivity index (χ2v) is 11.7. The van der Waals surface area contributed by atoms with Crippen molar-refractivity contribution in [1.29, 1.82) is 0 Å². The van der Waals surface area contributed by atoms with Crippen molar-refractivity contribution in [2.75, 3.05) is 6.61 Å². The molecule has 0 spiro atoms. The molecule has 0 radical (unpaired) electrons. The Morgan fingerprint density at radius 2 is 1.59 bits per heavy atom. The Balaban J connectivity index is 1.74. The van der Waals surface area contributed by atoms with Gasteiger partial charge in [-0.3, -0.25) is 4.55 Å². The Morgan fingerprint density at radius 3 is 2.07 bits per heavy atom. The largest absolute Gasteiger partial charge is 0.458 e. The van der Waals surface area contributed by atoms with Crippen LogP contribution in [0, 0.1) is 11.8 Å². The van der Waals surface area contributed by atoms with Gasteiger partial charge in [0.2, 0.25) is 0 Å². The molecule has 4 aliphatic carbocycles. The van der Waals surface area contributed by atoms with Crippen LogP contribution in [0.1, 0.15) is 66.2 Å². The molecule has 4 aliphatic rings. The first-order valence-corrected chi connectivity index (χ1v) is 11.2. The van der Waals surface area contributed by atoms with Gasteiger partial charge in [-0.05, 0) is 71.6 Å². The van der Waals surface area contributed by atoms with Gasteiger partial charge in [-0.25, -0.2) is 14.0 Å². The van der Waals surface area contributed by atoms with Crippen molar-refractivity contribution < 1.29 is 41.2 Å². The summed E-state index contributed by atoms with van der Waals surface area (Å²) in [6.45, 7) is 5.50. The lowest BCUT2D eigenvalue weighted by molar-refractivity contribution is -0.239. The molecule has 1 N–H and O–H groups in total. The Bertz CT molecular complexity index is 784. The maximum atomic E-state index is 14.4. The van der Waals surface area contributed by atoms with Gasteiger partial charge < -0.3 is 14.2 Å². The van der Waals surface area contributed by atoms with Crippen molar-refractivity contribution in [2.24, 2.45) is 11.8 Å². The molecule has 0 aliphatic heterocycles. The van der Waals surface area contributed by atoms with E-state index in [-0.39, 0.29) is 24.9 Å². The fourth-order valence-corrected chi connectivity index (χ4v) is 5.61. The molecule has 29 heavy (non-hydrogen) atoms. The summed E-state index contributed by atoms with van der Waals surface area (Å²) < 4.78 is 62.6. The lowest BCUT2D eigenvalue weighted by Gasteiger charge is -2.60. The zero-order chi connectivity index (χ0) is 21.9. The van der Waals surface area contributed by atoms with Crippen LogP contribution in [-0.4, -0.2) is 53.3 Å². The predicted molar refractivity (Wildman–Crippen MR) is 99.1 cm³/mol. The van der Waals surface area contributed by atoms with Gasteiger partial charge in [-0.1, -0.05) is 0 Å². The first-order valence-electron chi connectivity index (χ1n) is 9.80. The molecule has 8 nitrogen and oxygen atoms in total. The van der Waals surface area contributed by atoms with Crippen LogP contribution < -0.4 is 0 Å². The van der Waals surface area contributed by atoms with Crippen molar-refractivity contribution in [3.63, 3.8) is 0 Å². The van der Waals surface area contributed by atoms with Crippen LogP contribution >= 0.6 is 0 Å². The van der Waals surface area contributed by atoms with Crippen molar-refractivity contribution >= 4 is 22.1 Å². The van der Waals surface area contributed by atoms with Crippen molar-refractivity contribution in [1.82, 2.24) is 0 Å². The molecule has 0 saturated heterocycles. The highest BCUT2D eigenvalue weighted by molar-refractivity contribution is 7.87. The van der Waals surface area contributed by atoms with Crippen LogP contribution in [0.25, 0.3) is 0 Å². The molecule has 3 unspecified atom stereocenters. The lowest BCUT2D eigenvalue weighted by atomic mass is 9.52. The lowest BCUT2D eigenvalue weighted by Crippen LogP contribution is -2.62. The first-order chi connectivity index (χ1) is 13.0. The van der Waals surface area contributed by atoms with Gasteiger partial charge in [0.15, 0.2) is 0 Å². The van der Waals surface area contributed by atoms with E-state index < -0.39 is 43.9 Å². The molecule has 4 saturated carbocycles. The molecular weight excluding hydrogens is 407 g/mol. The molecule has 4 rings (SSSR count). The molecule has 166 valence electrons. The standard InChI is InChI=1S/C19H29FO8S/c1-16(2,3)27-14(21)10-26-18-6-12-5-13(7-18)9-19(8-12,11-18)28-15(22)17(4,20)29(23,24)25/h12-13H,5-11H2,1-4H3,(H,23,24,25). The molecule has 0 aromatic rings. The molecule has 10 heteroatoms. The van der Waals surface area contributed by atoms with E-state index in [4.69, 9.17) is 18.8 Å². The molecule has 0 heterocycles. The minimum Gasteiger partial charge on any atom is -0.458 e. The van der Waals surface area contributed by atoms with E-state index in [0.717, 1.165) is 6.42 Å². The summed E-state index contributed by atoms with van der Waals surface area (Å²) in [5, 5.41) is -3.54. The molecule has 4 fully saturated rings. The number of alkyl halides is 1. The SMILES string of the molecule is CC(C)(C)OC(=O)COC12CC3CC(C1)CC(OC(=O)C(C)(F)S(=O)(=O)O)(C3)C2.